The smallest absolute Gasteiger partial charge is 0.171 e. The molecule has 2 aromatic rings. The largest absolute Gasteiger partial charge is 0.490 e. The fourth-order valence-corrected chi connectivity index (χ4v) is 3.26. The van der Waals surface area contributed by atoms with Crippen LogP contribution in [0.5, 0.6) is 5.75 Å². The lowest BCUT2D eigenvalue weighted by atomic mass is 10.1. The van der Waals surface area contributed by atoms with Crippen LogP contribution >= 0.6 is 23.8 Å². The highest BCUT2D eigenvalue weighted by molar-refractivity contribution is 7.80. The van der Waals surface area contributed by atoms with Gasteiger partial charge < -0.3 is 20.3 Å². The molecule has 2 aromatic carbocycles. The summed E-state index contributed by atoms with van der Waals surface area (Å²) in [5.41, 5.74) is 1.94. The average molecular weight is 390 g/mol. The van der Waals surface area contributed by atoms with Gasteiger partial charge in [-0.1, -0.05) is 35.9 Å². The molecule has 0 unspecified atom stereocenters. The molecule has 0 radical (unpaired) electrons. The van der Waals surface area contributed by atoms with Crippen molar-refractivity contribution in [2.45, 2.75) is 25.5 Å². The van der Waals surface area contributed by atoms with Gasteiger partial charge >= 0.3 is 0 Å². The quantitative estimate of drug-likeness (QED) is 0.745. The molecule has 6 heteroatoms. The molecule has 3 rings (SSSR count). The Morgan fingerprint density at radius 2 is 1.85 bits per heavy atom. The maximum atomic E-state index is 6.12. The molecule has 26 heavy (non-hydrogen) atoms. The number of anilines is 1. The second-order valence-corrected chi connectivity index (χ2v) is 7.37. The fourth-order valence-electron chi connectivity index (χ4n) is 2.89. The number of thiocarbonyl (C=S) groups is 1. The van der Waals surface area contributed by atoms with Gasteiger partial charge in [0.1, 0.15) is 11.9 Å². The maximum Gasteiger partial charge on any atom is 0.171 e. The lowest BCUT2D eigenvalue weighted by molar-refractivity contribution is 0.114. The van der Waals surface area contributed by atoms with Gasteiger partial charge in [0.2, 0.25) is 0 Å². The Kier molecular flexibility index (Phi) is 6.72. The molecule has 1 fully saturated rings. The van der Waals surface area contributed by atoms with Crippen molar-refractivity contribution >= 4 is 34.6 Å². The zero-order chi connectivity index (χ0) is 18.4. The molecule has 1 saturated heterocycles. The first kappa shape index (κ1) is 19.0. The number of nitrogens with zero attached hydrogens (tertiary/aromatic N) is 1. The molecule has 0 aromatic heterocycles. The van der Waals surface area contributed by atoms with Gasteiger partial charge in [0.25, 0.3) is 0 Å². The Balaban J connectivity index is 1.45. The molecule has 4 nitrogen and oxygen atoms in total. The summed E-state index contributed by atoms with van der Waals surface area (Å²) in [6.45, 7) is 2.84. The fraction of sp³-hybridized carbons (Fsp3) is 0.350. The van der Waals surface area contributed by atoms with Gasteiger partial charge in [-0.3, -0.25) is 0 Å². The minimum atomic E-state index is 0.322. The maximum absolute atomic E-state index is 6.12. The van der Waals surface area contributed by atoms with Gasteiger partial charge in [-0.2, -0.15) is 0 Å². The molecule has 0 aliphatic carbocycles. The Bertz CT molecular complexity index is 730. The summed E-state index contributed by atoms with van der Waals surface area (Å²) in [5, 5.41) is 7.50. The summed E-state index contributed by atoms with van der Waals surface area (Å²) in [7, 11) is 2.16. The summed E-state index contributed by atoms with van der Waals surface area (Å²) in [5.74, 6) is 0.931. The van der Waals surface area contributed by atoms with Crippen molar-refractivity contribution in [2.24, 2.45) is 0 Å². The van der Waals surface area contributed by atoms with Crippen molar-refractivity contribution < 1.29 is 4.74 Å². The summed E-state index contributed by atoms with van der Waals surface area (Å²) < 4.78 is 6.08. The number of piperidine rings is 1. The van der Waals surface area contributed by atoms with E-state index in [9.17, 15) is 0 Å². The van der Waals surface area contributed by atoms with E-state index in [0.29, 0.717) is 22.8 Å². The highest BCUT2D eigenvalue weighted by Gasteiger charge is 2.17. The van der Waals surface area contributed by atoms with Crippen LogP contribution in [-0.2, 0) is 6.54 Å². The van der Waals surface area contributed by atoms with Crippen LogP contribution in [0.3, 0.4) is 0 Å². The predicted octanol–water partition coefficient (Wildman–Crippen LogP) is 4.30. The minimum Gasteiger partial charge on any atom is -0.490 e. The first-order chi connectivity index (χ1) is 12.6. The normalized spacial score (nSPS) is 15.5. The molecule has 0 spiro atoms. The van der Waals surface area contributed by atoms with Crippen molar-refractivity contribution in [2.75, 3.05) is 25.5 Å². The first-order valence-electron chi connectivity index (χ1n) is 8.83. The molecule has 1 heterocycles. The van der Waals surface area contributed by atoms with Gasteiger partial charge in [0, 0.05) is 19.6 Å². The lowest BCUT2D eigenvalue weighted by Crippen LogP contribution is -2.35. The van der Waals surface area contributed by atoms with Gasteiger partial charge in [0.05, 0.1) is 10.7 Å². The summed E-state index contributed by atoms with van der Waals surface area (Å²) in [4.78, 5) is 2.34. The molecule has 2 N–H and O–H groups in total. The monoisotopic (exact) mass is 389 g/mol. The molecule has 0 amide bonds. The van der Waals surface area contributed by atoms with Gasteiger partial charge in [-0.15, -0.1) is 0 Å². The Labute approximate surface area is 165 Å². The Morgan fingerprint density at radius 3 is 2.54 bits per heavy atom. The standard InChI is InChI=1S/C20H24ClN3OS/c1-24-12-10-17(11-13-24)25-16-8-6-15(7-9-16)14-22-20(26)23-19-5-3-2-4-18(19)21/h2-9,17H,10-14H2,1H3,(H2,22,23,26). The van der Waals surface area contributed by atoms with Crippen molar-refractivity contribution in [1.29, 1.82) is 0 Å². The molecule has 0 saturated carbocycles. The highest BCUT2D eigenvalue weighted by Crippen LogP contribution is 2.21. The van der Waals surface area contributed by atoms with E-state index in [0.717, 1.165) is 42.9 Å². The van der Waals surface area contributed by atoms with E-state index in [2.05, 4.69) is 34.7 Å². The molecule has 1 aliphatic heterocycles. The summed E-state index contributed by atoms with van der Waals surface area (Å²) in [6.07, 6.45) is 2.49. The number of benzene rings is 2. The number of hydrogen-bond donors (Lipinski definition) is 2. The van der Waals surface area contributed by atoms with Crippen molar-refractivity contribution in [3.05, 3.63) is 59.1 Å². The Morgan fingerprint density at radius 1 is 1.15 bits per heavy atom. The van der Waals surface area contributed by atoms with Crippen LogP contribution in [-0.4, -0.2) is 36.3 Å². The van der Waals surface area contributed by atoms with Crippen LogP contribution in [0.4, 0.5) is 5.69 Å². The predicted molar refractivity (Wildman–Crippen MR) is 112 cm³/mol. The van der Waals surface area contributed by atoms with Crippen LogP contribution in [0.2, 0.25) is 5.02 Å². The first-order valence-corrected chi connectivity index (χ1v) is 9.62. The van der Waals surface area contributed by atoms with Crippen LogP contribution in [0.25, 0.3) is 0 Å². The zero-order valence-corrected chi connectivity index (χ0v) is 16.4. The highest BCUT2D eigenvalue weighted by atomic mass is 35.5. The number of para-hydroxylation sites is 1. The van der Waals surface area contributed by atoms with E-state index in [1.165, 1.54) is 0 Å². The van der Waals surface area contributed by atoms with Crippen molar-refractivity contribution in [3.8, 4) is 5.75 Å². The van der Waals surface area contributed by atoms with Gasteiger partial charge in [0.15, 0.2) is 5.11 Å². The van der Waals surface area contributed by atoms with Crippen LogP contribution in [0.15, 0.2) is 48.5 Å². The molecule has 0 bridgehead atoms. The van der Waals surface area contributed by atoms with E-state index < -0.39 is 0 Å². The average Bonchev–Trinajstić information content (AvgIpc) is 2.65. The van der Waals surface area contributed by atoms with E-state index in [4.69, 9.17) is 28.6 Å². The van der Waals surface area contributed by atoms with Gasteiger partial charge in [-0.05, 0) is 61.9 Å². The number of ether oxygens (including phenoxy) is 1. The topological polar surface area (TPSA) is 36.5 Å². The third-order valence-corrected chi connectivity index (χ3v) is 5.04. The number of hydrogen-bond acceptors (Lipinski definition) is 3. The number of halogens is 1. The second kappa shape index (κ2) is 9.21. The Hall–Kier alpha value is -1.82. The number of rotatable bonds is 5. The molecule has 1 aliphatic rings. The molecule has 138 valence electrons. The second-order valence-electron chi connectivity index (χ2n) is 6.55. The van der Waals surface area contributed by atoms with E-state index in [-0.39, 0.29) is 0 Å². The van der Waals surface area contributed by atoms with Crippen molar-refractivity contribution in [1.82, 2.24) is 10.2 Å². The van der Waals surface area contributed by atoms with E-state index in [1.54, 1.807) is 0 Å². The summed E-state index contributed by atoms with van der Waals surface area (Å²) in [6, 6.07) is 15.7. The molecule has 0 atom stereocenters. The summed E-state index contributed by atoms with van der Waals surface area (Å²) >= 11 is 11.5. The van der Waals surface area contributed by atoms with E-state index in [1.807, 2.05) is 36.4 Å². The van der Waals surface area contributed by atoms with Crippen molar-refractivity contribution in [3.63, 3.8) is 0 Å². The SMILES string of the molecule is CN1CCC(Oc2ccc(CNC(=S)Nc3ccccc3Cl)cc2)CC1. The molecular weight excluding hydrogens is 366 g/mol. The van der Waals surface area contributed by atoms with Gasteiger partial charge in [-0.25, -0.2) is 0 Å². The minimum absolute atomic E-state index is 0.322. The number of nitrogens with one attached hydrogen (secondary N) is 2. The van der Waals surface area contributed by atoms with Crippen LogP contribution < -0.4 is 15.4 Å². The van der Waals surface area contributed by atoms with Crippen LogP contribution in [0, 0.1) is 0 Å². The van der Waals surface area contributed by atoms with Crippen LogP contribution in [0.1, 0.15) is 18.4 Å². The third-order valence-electron chi connectivity index (χ3n) is 4.47. The molecular formula is C20H24ClN3OS. The van der Waals surface area contributed by atoms with E-state index >= 15 is 0 Å². The number of likely N-dealkylation sites (tertiary alicyclic amines) is 1. The third kappa shape index (κ3) is 5.59. The lowest BCUT2D eigenvalue weighted by Gasteiger charge is -2.29. The zero-order valence-electron chi connectivity index (χ0n) is 14.9.